The minimum atomic E-state index is 0. The molecular formula is C17H25IN6O. The Balaban J connectivity index is 0.00000225. The average Bonchev–Trinajstić information content (AvgIpc) is 3.25. The summed E-state index contributed by atoms with van der Waals surface area (Å²) in [4.78, 5) is 10.7. The maximum Gasteiger partial charge on any atom is 0.193 e. The molecule has 3 heterocycles. The van der Waals surface area contributed by atoms with Gasteiger partial charge in [0.1, 0.15) is 12.4 Å². The molecule has 0 saturated carbocycles. The van der Waals surface area contributed by atoms with Crippen LogP contribution in [0.25, 0.3) is 0 Å². The summed E-state index contributed by atoms with van der Waals surface area (Å²) in [5, 5.41) is 7.64. The third kappa shape index (κ3) is 5.32. The summed E-state index contributed by atoms with van der Waals surface area (Å²) in [6.07, 6.45) is 8.64. The van der Waals surface area contributed by atoms with Crippen molar-refractivity contribution >= 4 is 29.9 Å². The number of hydrogen-bond donors (Lipinski definition) is 1. The van der Waals surface area contributed by atoms with Gasteiger partial charge in [-0.1, -0.05) is 0 Å². The number of aliphatic imine (C=N–C) groups is 1. The van der Waals surface area contributed by atoms with Gasteiger partial charge in [-0.3, -0.25) is 14.7 Å². The Bertz CT molecular complexity index is 675. The van der Waals surface area contributed by atoms with E-state index in [4.69, 9.17) is 4.74 Å². The van der Waals surface area contributed by atoms with Gasteiger partial charge in [0.05, 0.1) is 18.9 Å². The van der Waals surface area contributed by atoms with Crippen molar-refractivity contribution in [1.82, 2.24) is 25.0 Å². The van der Waals surface area contributed by atoms with E-state index in [0.717, 1.165) is 31.2 Å². The molecule has 0 amide bonds. The second-order valence-corrected chi connectivity index (χ2v) is 5.89. The number of aryl methyl sites for hydroxylation is 1. The largest absolute Gasteiger partial charge is 0.490 e. The molecule has 1 N–H and O–H groups in total. The number of aromatic nitrogens is 3. The minimum absolute atomic E-state index is 0. The number of hydrogen-bond acceptors (Lipinski definition) is 4. The summed E-state index contributed by atoms with van der Waals surface area (Å²) < 4.78 is 7.51. The van der Waals surface area contributed by atoms with Gasteiger partial charge in [-0.2, -0.15) is 5.10 Å². The predicted molar refractivity (Wildman–Crippen MR) is 109 cm³/mol. The molecule has 7 nitrogen and oxygen atoms in total. The van der Waals surface area contributed by atoms with E-state index in [-0.39, 0.29) is 24.0 Å². The number of guanidine groups is 1. The van der Waals surface area contributed by atoms with Gasteiger partial charge in [0.25, 0.3) is 0 Å². The lowest BCUT2D eigenvalue weighted by atomic mass is 10.0. The Morgan fingerprint density at radius 3 is 3.00 bits per heavy atom. The van der Waals surface area contributed by atoms with E-state index in [1.54, 1.807) is 12.4 Å². The molecule has 1 atom stereocenters. The van der Waals surface area contributed by atoms with Crippen molar-refractivity contribution < 1.29 is 4.74 Å². The van der Waals surface area contributed by atoms with Crippen LogP contribution in [0.15, 0.2) is 41.9 Å². The summed E-state index contributed by atoms with van der Waals surface area (Å²) in [6, 6.07) is 3.77. The topological polar surface area (TPSA) is 67.6 Å². The van der Waals surface area contributed by atoms with Crippen molar-refractivity contribution in [2.75, 3.05) is 33.3 Å². The molecule has 25 heavy (non-hydrogen) atoms. The van der Waals surface area contributed by atoms with Gasteiger partial charge in [0.15, 0.2) is 5.96 Å². The summed E-state index contributed by atoms with van der Waals surface area (Å²) in [6.45, 7) is 3.25. The first-order chi connectivity index (χ1) is 11.8. The monoisotopic (exact) mass is 456 g/mol. The lowest BCUT2D eigenvalue weighted by molar-refractivity contribution is 0.318. The molecular weight excluding hydrogens is 431 g/mol. The highest BCUT2D eigenvalue weighted by atomic mass is 127. The summed E-state index contributed by atoms with van der Waals surface area (Å²) in [5.74, 6) is 2.23. The Hall–Kier alpha value is -1.84. The van der Waals surface area contributed by atoms with E-state index in [1.165, 1.54) is 5.56 Å². The Morgan fingerprint density at radius 1 is 1.44 bits per heavy atom. The first-order valence-electron chi connectivity index (χ1n) is 8.23. The Labute approximate surface area is 165 Å². The quantitative estimate of drug-likeness (QED) is 0.322. The van der Waals surface area contributed by atoms with E-state index in [2.05, 4.69) is 31.5 Å². The number of pyridine rings is 1. The molecule has 136 valence electrons. The lowest BCUT2D eigenvalue weighted by Crippen LogP contribution is -2.41. The first-order valence-corrected chi connectivity index (χ1v) is 8.23. The van der Waals surface area contributed by atoms with Crippen molar-refractivity contribution in [1.29, 1.82) is 0 Å². The molecule has 0 bridgehead atoms. The highest BCUT2D eigenvalue weighted by Crippen LogP contribution is 2.26. The molecule has 0 spiro atoms. The molecule has 0 aromatic carbocycles. The molecule has 0 radical (unpaired) electrons. The van der Waals surface area contributed by atoms with E-state index in [9.17, 15) is 0 Å². The standard InChI is InChI=1S/C17H24N6O.HI/c1-18-17(20-7-9-24-16-4-3-6-19-11-16)23-8-5-14(13-23)15-10-21-22(2)12-15;/h3-4,6,10-12,14H,5,7-9,13H2,1-2H3,(H,18,20);1H. The molecule has 2 aromatic heterocycles. The fraction of sp³-hybridized carbons (Fsp3) is 0.471. The number of ether oxygens (including phenoxy) is 1. The highest BCUT2D eigenvalue weighted by molar-refractivity contribution is 14.0. The fourth-order valence-corrected chi connectivity index (χ4v) is 2.97. The van der Waals surface area contributed by atoms with Crippen LogP contribution in [-0.2, 0) is 7.05 Å². The number of halogens is 1. The van der Waals surface area contributed by atoms with E-state index in [1.807, 2.05) is 37.1 Å². The van der Waals surface area contributed by atoms with Crippen LogP contribution in [0.3, 0.4) is 0 Å². The molecule has 1 unspecified atom stereocenters. The Morgan fingerprint density at radius 2 is 2.32 bits per heavy atom. The maximum absolute atomic E-state index is 5.65. The van der Waals surface area contributed by atoms with Crippen LogP contribution in [0.5, 0.6) is 5.75 Å². The maximum atomic E-state index is 5.65. The third-order valence-electron chi connectivity index (χ3n) is 4.18. The van der Waals surface area contributed by atoms with Gasteiger partial charge < -0.3 is 15.0 Å². The van der Waals surface area contributed by atoms with Crippen LogP contribution in [0.1, 0.15) is 17.9 Å². The first kappa shape index (κ1) is 19.5. The van der Waals surface area contributed by atoms with Crippen LogP contribution in [0.4, 0.5) is 0 Å². The van der Waals surface area contributed by atoms with Gasteiger partial charge in [0, 0.05) is 45.5 Å². The van der Waals surface area contributed by atoms with Crippen molar-refractivity contribution in [3.8, 4) is 5.75 Å². The number of rotatable bonds is 5. The van der Waals surface area contributed by atoms with Crippen LogP contribution in [-0.4, -0.2) is 58.9 Å². The SMILES string of the molecule is CN=C(NCCOc1cccnc1)N1CCC(c2cnn(C)c2)C1.I. The molecule has 1 aliphatic heterocycles. The normalized spacial score (nSPS) is 17.3. The van der Waals surface area contributed by atoms with Crippen LogP contribution >= 0.6 is 24.0 Å². The van der Waals surface area contributed by atoms with Gasteiger partial charge in [-0.15, -0.1) is 24.0 Å². The smallest absolute Gasteiger partial charge is 0.193 e. The van der Waals surface area contributed by atoms with Crippen molar-refractivity contribution in [2.45, 2.75) is 12.3 Å². The lowest BCUT2D eigenvalue weighted by Gasteiger charge is -2.21. The minimum Gasteiger partial charge on any atom is -0.490 e. The highest BCUT2D eigenvalue weighted by Gasteiger charge is 2.26. The summed E-state index contributed by atoms with van der Waals surface area (Å²) >= 11 is 0. The fourth-order valence-electron chi connectivity index (χ4n) is 2.97. The van der Waals surface area contributed by atoms with Crippen LogP contribution in [0.2, 0.25) is 0 Å². The van der Waals surface area contributed by atoms with Gasteiger partial charge in [-0.05, 0) is 24.1 Å². The molecule has 0 aliphatic carbocycles. The molecule has 8 heteroatoms. The second kappa shape index (κ2) is 9.59. The predicted octanol–water partition coefficient (Wildman–Crippen LogP) is 1.88. The zero-order chi connectivity index (χ0) is 16.8. The molecule has 1 fully saturated rings. The number of nitrogens with zero attached hydrogens (tertiary/aromatic N) is 5. The van der Waals surface area contributed by atoms with Crippen molar-refractivity contribution in [3.05, 3.63) is 42.5 Å². The van der Waals surface area contributed by atoms with E-state index in [0.29, 0.717) is 19.1 Å². The molecule has 1 saturated heterocycles. The van der Waals surface area contributed by atoms with Crippen molar-refractivity contribution in [2.24, 2.45) is 12.0 Å². The summed E-state index contributed by atoms with van der Waals surface area (Å²) in [5.41, 5.74) is 1.30. The molecule has 3 rings (SSSR count). The zero-order valence-electron chi connectivity index (χ0n) is 14.6. The number of nitrogens with one attached hydrogen (secondary N) is 1. The third-order valence-corrected chi connectivity index (χ3v) is 4.18. The van der Waals surface area contributed by atoms with Crippen molar-refractivity contribution in [3.63, 3.8) is 0 Å². The van der Waals surface area contributed by atoms with Crippen LogP contribution in [0, 0.1) is 0 Å². The molecule has 1 aliphatic rings. The zero-order valence-corrected chi connectivity index (χ0v) is 17.0. The van der Waals surface area contributed by atoms with Crippen LogP contribution < -0.4 is 10.1 Å². The average molecular weight is 456 g/mol. The number of likely N-dealkylation sites (tertiary alicyclic amines) is 1. The van der Waals surface area contributed by atoms with Gasteiger partial charge in [0.2, 0.25) is 0 Å². The summed E-state index contributed by atoms with van der Waals surface area (Å²) in [7, 11) is 3.78. The van der Waals surface area contributed by atoms with Gasteiger partial charge >= 0.3 is 0 Å². The Kier molecular flexibility index (Phi) is 7.48. The van der Waals surface area contributed by atoms with Gasteiger partial charge in [-0.25, -0.2) is 0 Å². The second-order valence-electron chi connectivity index (χ2n) is 5.89. The molecule has 2 aromatic rings. The van der Waals surface area contributed by atoms with E-state index >= 15 is 0 Å². The van der Waals surface area contributed by atoms with E-state index < -0.39 is 0 Å².